The summed E-state index contributed by atoms with van der Waals surface area (Å²) < 4.78 is 54.3. The van der Waals surface area contributed by atoms with Crippen molar-refractivity contribution in [3.63, 3.8) is 0 Å². The summed E-state index contributed by atoms with van der Waals surface area (Å²) in [7, 11) is 2.98. The molecule has 1 fully saturated rings. The van der Waals surface area contributed by atoms with Crippen LogP contribution in [0.3, 0.4) is 0 Å². The number of aromatic nitrogens is 1. The number of benzene rings is 1. The number of hydrogen-bond acceptors (Lipinski definition) is 5. The van der Waals surface area contributed by atoms with E-state index in [-0.39, 0.29) is 18.3 Å². The Labute approximate surface area is 159 Å². The first-order valence-electron chi connectivity index (χ1n) is 8.52. The van der Waals surface area contributed by atoms with Crippen molar-refractivity contribution in [1.29, 1.82) is 0 Å². The number of likely N-dealkylation sites (tertiary alicyclic amines) is 1. The van der Waals surface area contributed by atoms with Crippen molar-refractivity contribution in [3.05, 3.63) is 47.7 Å². The topological polar surface area (TPSA) is 60.9 Å². The second kappa shape index (κ2) is 7.95. The van der Waals surface area contributed by atoms with Crippen molar-refractivity contribution < 1.29 is 32.2 Å². The highest BCUT2D eigenvalue weighted by molar-refractivity contribution is 5.95. The summed E-state index contributed by atoms with van der Waals surface area (Å²) >= 11 is 0. The smallest absolute Gasteiger partial charge is 0.416 e. The number of nitrogens with zero attached hydrogens (tertiary/aromatic N) is 2. The highest BCUT2D eigenvalue weighted by Crippen LogP contribution is 2.31. The molecular weight excluding hydrogens is 377 g/mol. The van der Waals surface area contributed by atoms with Gasteiger partial charge < -0.3 is 19.1 Å². The molecule has 6 nitrogen and oxygen atoms in total. The summed E-state index contributed by atoms with van der Waals surface area (Å²) in [4.78, 5) is 18.2. The second-order valence-corrected chi connectivity index (χ2v) is 6.26. The first-order valence-corrected chi connectivity index (χ1v) is 8.52. The Kier molecular flexibility index (Phi) is 5.62. The minimum atomic E-state index is -4.47. The van der Waals surface area contributed by atoms with Crippen LogP contribution in [0, 0.1) is 0 Å². The maximum absolute atomic E-state index is 12.8. The third kappa shape index (κ3) is 4.47. The summed E-state index contributed by atoms with van der Waals surface area (Å²) in [5, 5.41) is 0. The molecule has 2 aromatic rings. The number of pyridine rings is 1. The molecule has 28 heavy (non-hydrogen) atoms. The molecule has 2 heterocycles. The maximum atomic E-state index is 12.8. The van der Waals surface area contributed by atoms with E-state index in [0.29, 0.717) is 30.0 Å². The predicted octanol–water partition coefficient (Wildman–Crippen LogP) is 3.41. The number of methoxy groups -OCH3 is 2. The molecule has 1 aromatic carbocycles. The zero-order valence-corrected chi connectivity index (χ0v) is 15.3. The number of carbonyl (C=O) groups is 1. The van der Waals surface area contributed by atoms with E-state index in [2.05, 4.69) is 4.98 Å². The summed E-state index contributed by atoms with van der Waals surface area (Å²) in [5.74, 6) is 0.628. The van der Waals surface area contributed by atoms with Crippen molar-refractivity contribution in [1.82, 2.24) is 9.88 Å². The monoisotopic (exact) mass is 396 g/mol. The molecule has 1 aromatic heterocycles. The van der Waals surface area contributed by atoms with Gasteiger partial charge in [0.15, 0.2) is 0 Å². The van der Waals surface area contributed by atoms with Crippen molar-refractivity contribution in [2.24, 2.45) is 0 Å². The number of ether oxygens (including phenoxy) is 3. The van der Waals surface area contributed by atoms with E-state index >= 15 is 0 Å². The number of carbonyl (C=O) groups excluding carboxylic acids is 1. The highest BCUT2D eigenvalue weighted by atomic mass is 19.4. The fraction of sp³-hybridized carbons (Fsp3) is 0.368. The fourth-order valence-electron chi connectivity index (χ4n) is 2.94. The average molecular weight is 396 g/mol. The lowest BCUT2D eigenvalue weighted by Gasteiger charge is -2.18. The minimum Gasteiger partial charge on any atom is -0.497 e. The third-order valence-electron chi connectivity index (χ3n) is 4.38. The lowest BCUT2D eigenvalue weighted by Crippen LogP contribution is -2.31. The summed E-state index contributed by atoms with van der Waals surface area (Å²) in [6.07, 6.45) is -3.36. The van der Waals surface area contributed by atoms with Crippen LogP contribution >= 0.6 is 0 Å². The third-order valence-corrected chi connectivity index (χ3v) is 4.38. The Morgan fingerprint density at radius 2 is 1.82 bits per heavy atom. The van der Waals surface area contributed by atoms with E-state index in [0.717, 1.165) is 18.3 Å². The molecule has 1 unspecified atom stereocenters. The Morgan fingerprint density at radius 1 is 1.14 bits per heavy atom. The largest absolute Gasteiger partial charge is 0.497 e. The molecule has 0 spiro atoms. The number of halogens is 3. The maximum Gasteiger partial charge on any atom is 0.416 e. The van der Waals surface area contributed by atoms with Gasteiger partial charge >= 0.3 is 6.18 Å². The van der Waals surface area contributed by atoms with Crippen LogP contribution in [-0.4, -0.2) is 49.2 Å². The molecule has 0 saturated carbocycles. The highest BCUT2D eigenvalue weighted by Gasteiger charge is 2.32. The van der Waals surface area contributed by atoms with Gasteiger partial charge in [0.05, 0.1) is 26.3 Å². The molecule has 1 saturated heterocycles. The van der Waals surface area contributed by atoms with Crippen molar-refractivity contribution in [2.45, 2.75) is 18.7 Å². The minimum absolute atomic E-state index is 0.114. The van der Waals surface area contributed by atoms with Gasteiger partial charge in [0, 0.05) is 36.9 Å². The summed E-state index contributed by atoms with van der Waals surface area (Å²) in [5.41, 5.74) is -0.430. The Hall–Kier alpha value is -2.97. The standard InChI is InChI=1S/C19H19F3N2O4/c1-26-15-7-12(8-16(10-15)27-2)18(25)24-6-4-14(11-24)28-17-9-13(3-5-23-17)19(20,21)22/h3,5,7-10,14H,4,6,11H2,1-2H3. The Morgan fingerprint density at radius 3 is 2.43 bits per heavy atom. The number of rotatable bonds is 5. The first-order chi connectivity index (χ1) is 13.3. The van der Waals surface area contributed by atoms with E-state index < -0.39 is 17.8 Å². The van der Waals surface area contributed by atoms with Crippen molar-refractivity contribution in [2.75, 3.05) is 27.3 Å². The Balaban J connectivity index is 1.68. The molecule has 0 N–H and O–H groups in total. The van der Waals surface area contributed by atoms with Crippen LogP contribution in [0.1, 0.15) is 22.3 Å². The van der Waals surface area contributed by atoms with E-state index in [9.17, 15) is 18.0 Å². The lowest BCUT2D eigenvalue weighted by molar-refractivity contribution is -0.137. The van der Waals surface area contributed by atoms with Crippen LogP contribution in [0.5, 0.6) is 17.4 Å². The van der Waals surface area contributed by atoms with Gasteiger partial charge in [0.2, 0.25) is 5.88 Å². The lowest BCUT2D eigenvalue weighted by atomic mass is 10.1. The van der Waals surface area contributed by atoms with Gasteiger partial charge in [-0.25, -0.2) is 4.98 Å². The predicted molar refractivity (Wildman–Crippen MR) is 93.7 cm³/mol. The van der Waals surface area contributed by atoms with Gasteiger partial charge in [-0.05, 0) is 18.2 Å². The number of alkyl halides is 3. The molecule has 0 aliphatic carbocycles. The molecule has 1 amide bonds. The normalized spacial score (nSPS) is 16.8. The van der Waals surface area contributed by atoms with E-state index in [4.69, 9.17) is 14.2 Å². The molecule has 3 rings (SSSR count). The molecular formula is C19H19F3N2O4. The molecule has 1 atom stereocenters. The molecule has 9 heteroatoms. The van der Waals surface area contributed by atoms with Crippen LogP contribution in [0.2, 0.25) is 0 Å². The molecule has 150 valence electrons. The van der Waals surface area contributed by atoms with Crippen LogP contribution in [0.15, 0.2) is 36.5 Å². The second-order valence-electron chi connectivity index (χ2n) is 6.26. The van der Waals surface area contributed by atoms with Gasteiger partial charge in [0.25, 0.3) is 5.91 Å². The molecule has 1 aliphatic rings. The van der Waals surface area contributed by atoms with Crippen LogP contribution < -0.4 is 14.2 Å². The van der Waals surface area contributed by atoms with Gasteiger partial charge in [-0.2, -0.15) is 13.2 Å². The van der Waals surface area contributed by atoms with Gasteiger partial charge in [-0.3, -0.25) is 4.79 Å². The first kappa shape index (κ1) is 19.8. The molecule has 0 radical (unpaired) electrons. The number of amides is 1. The van der Waals surface area contributed by atoms with Gasteiger partial charge in [-0.1, -0.05) is 0 Å². The van der Waals surface area contributed by atoms with Crippen LogP contribution in [-0.2, 0) is 6.18 Å². The summed E-state index contributed by atoms with van der Waals surface area (Å²) in [6, 6.07) is 6.61. The fourth-order valence-corrected chi connectivity index (χ4v) is 2.94. The van der Waals surface area contributed by atoms with Crippen molar-refractivity contribution in [3.8, 4) is 17.4 Å². The summed E-state index contributed by atoms with van der Waals surface area (Å²) in [6.45, 7) is 0.665. The van der Waals surface area contributed by atoms with Gasteiger partial charge in [-0.15, -0.1) is 0 Å². The number of hydrogen-bond donors (Lipinski definition) is 0. The van der Waals surface area contributed by atoms with E-state index in [1.807, 2.05) is 0 Å². The van der Waals surface area contributed by atoms with E-state index in [1.54, 1.807) is 23.1 Å². The average Bonchev–Trinajstić information content (AvgIpc) is 3.14. The van der Waals surface area contributed by atoms with Crippen LogP contribution in [0.4, 0.5) is 13.2 Å². The van der Waals surface area contributed by atoms with Gasteiger partial charge in [0.1, 0.15) is 17.6 Å². The Bertz CT molecular complexity index is 835. The van der Waals surface area contributed by atoms with E-state index in [1.165, 1.54) is 14.2 Å². The zero-order valence-electron chi connectivity index (χ0n) is 15.3. The van der Waals surface area contributed by atoms with Crippen molar-refractivity contribution >= 4 is 5.91 Å². The van der Waals surface area contributed by atoms with Crippen LogP contribution in [0.25, 0.3) is 0 Å². The quantitative estimate of drug-likeness (QED) is 0.775. The zero-order chi connectivity index (χ0) is 20.3. The SMILES string of the molecule is COc1cc(OC)cc(C(=O)N2CCC(Oc3cc(C(F)(F)F)ccn3)C2)c1. The molecule has 0 bridgehead atoms. The molecule has 1 aliphatic heterocycles.